The summed E-state index contributed by atoms with van der Waals surface area (Å²) in [5, 5.41) is -0.738. The Bertz CT molecular complexity index is 210. The van der Waals surface area contributed by atoms with Gasteiger partial charge in [0.05, 0.1) is 5.25 Å². The van der Waals surface area contributed by atoms with Crippen LogP contribution in [0.1, 0.15) is 13.8 Å². The van der Waals surface area contributed by atoms with E-state index in [0.717, 1.165) is 0 Å². The fraction of sp³-hybridized carbons (Fsp3) is 1.00. The molecule has 1 N–H and O–H groups in total. The van der Waals surface area contributed by atoms with Gasteiger partial charge < -0.3 is 4.90 Å². The lowest BCUT2D eigenvalue weighted by molar-refractivity contribution is 0.299. The Balaban J connectivity index is 4.38. The molecule has 0 saturated carbocycles. The second-order valence-electron chi connectivity index (χ2n) is 2.92. The zero-order valence-corrected chi connectivity index (χ0v) is 8.09. The Morgan fingerprint density at radius 2 is 1.64 bits per heavy atom. The monoisotopic (exact) mass is 181 g/mol. The molecule has 0 spiro atoms. The van der Waals surface area contributed by atoms with E-state index in [4.69, 9.17) is 4.55 Å². The first-order valence-corrected chi connectivity index (χ1v) is 4.90. The third-order valence-electron chi connectivity index (χ3n) is 1.96. The van der Waals surface area contributed by atoms with Gasteiger partial charge in [-0.15, -0.1) is 0 Å². The molecular formula is C6H15NO3S. The highest BCUT2D eigenvalue weighted by Gasteiger charge is 2.25. The van der Waals surface area contributed by atoms with Gasteiger partial charge in [0.25, 0.3) is 10.1 Å². The van der Waals surface area contributed by atoms with Crippen LogP contribution in [-0.4, -0.2) is 43.3 Å². The van der Waals surface area contributed by atoms with E-state index < -0.39 is 15.4 Å². The third-order valence-corrected chi connectivity index (χ3v) is 3.30. The van der Waals surface area contributed by atoms with Crippen LogP contribution in [0.15, 0.2) is 0 Å². The first-order chi connectivity index (χ1) is 4.76. The summed E-state index contributed by atoms with van der Waals surface area (Å²) >= 11 is 0. The number of hydrogen-bond donors (Lipinski definition) is 1. The van der Waals surface area contributed by atoms with E-state index in [-0.39, 0.29) is 6.04 Å². The molecule has 0 aromatic carbocycles. The quantitative estimate of drug-likeness (QED) is 0.632. The molecule has 0 heterocycles. The summed E-state index contributed by atoms with van der Waals surface area (Å²) < 4.78 is 29.9. The smallest absolute Gasteiger partial charge is 0.269 e. The van der Waals surface area contributed by atoms with Gasteiger partial charge in [-0.25, -0.2) is 0 Å². The Kier molecular flexibility index (Phi) is 3.47. The van der Waals surface area contributed by atoms with Crippen molar-refractivity contribution in [3.63, 3.8) is 0 Å². The lowest BCUT2D eigenvalue weighted by Crippen LogP contribution is -2.39. The first-order valence-electron chi connectivity index (χ1n) is 3.39. The third kappa shape index (κ3) is 3.18. The van der Waals surface area contributed by atoms with E-state index >= 15 is 0 Å². The van der Waals surface area contributed by atoms with Crippen molar-refractivity contribution in [1.29, 1.82) is 0 Å². The van der Waals surface area contributed by atoms with Crippen molar-refractivity contribution in [2.45, 2.75) is 25.1 Å². The fourth-order valence-electron chi connectivity index (χ4n) is 0.669. The van der Waals surface area contributed by atoms with Crippen molar-refractivity contribution in [3.05, 3.63) is 0 Å². The SMILES string of the molecule is CC(C(C)S(=O)(=O)O)N(C)C. The predicted molar refractivity (Wildman–Crippen MR) is 44.2 cm³/mol. The van der Waals surface area contributed by atoms with E-state index in [0.29, 0.717) is 0 Å². The summed E-state index contributed by atoms with van der Waals surface area (Å²) in [6, 6.07) is -0.176. The molecule has 0 bridgehead atoms. The van der Waals surface area contributed by atoms with Gasteiger partial charge in [-0.05, 0) is 27.9 Å². The Labute approximate surface area is 68.0 Å². The zero-order valence-electron chi connectivity index (χ0n) is 7.27. The Morgan fingerprint density at radius 3 is 1.73 bits per heavy atom. The molecule has 0 fully saturated rings. The fourth-order valence-corrected chi connectivity index (χ4v) is 1.41. The lowest BCUT2D eigenvalue weighted by atomic mass is 10.2. The van der Waals surface area contributed by atoms with Crippen LogP contribution in [0.5, 0.6) is 0 Å². The molecule has 0 aromatic heterocycles. The van der Waals surface area contributed by atoms with Gasteiger partial charge in [0.1, 0.15) is 0 Å². The average Bonchev–Trinajstić information content (AvgIpc) is 1.82. The van der Waals surface area contributed by atoms with Gasteiger partial charge in [-0.1, -0.05) is 0 Å². The summed E-state index contributed by atoms with van der Waals surface area (Å²) in [6.45, 7) is 3.23. The van der Waals surface area contributed by atoms with E-state index in [1.54, 1.807) is 25.9 Å². The number of rotatable bonds is 3. The highest BCUT2D eigenvalue weighted by molar-refractivity contribution is 7.86. The lowest BCUT2D eigenvalue weighted by Gasteiger charge is -2.23. The van der Waals surface area contributed by atoms with Crippen LogP contribution in [0.4, 0.5) is 0 Å². The maximum atomic E-state index is 10.6. The van der Waals surface area contributed by atoms with Gasteiger partial charge in [0.2, 0.25) is 0 Å². The highest BCUT2D eigenvalue weighted by atomic mass is 32.2. The summed E-state index contributed by atoms with van der Waals surface area (Å²) in [5.41, 5.74) is 0. The van der Waals surface area contributed by atoms with Crippen molar-refractivity contribution in [1.82, 2.24) is 4.90 Å². The van der Waals surface area contributed by atoms with E-state index in [9.17, 15) is 8.42 Å². The number of nitrogens with zero attached hydrogens (tertiary/aromatic N) is 1. The maximum absolute atomic E-state index is 10.6. The largest absolute Gasteiger partial charge is 0.305 e. The molecular weight excluding hydrogens is 166 g/mol. The van der Waals surface area contributed by atoms with Crippen LogP contribution in [-0.2, 0) is 10.1 Å². The Morgan fingerprint density at radius 1 is 1.27 bits per heavy atom. The van der Waals surface area contributed by atoms with Gasteiger partial charge in [-0.2, -0.15) is 8.42 Å². The molecule has 0 saturated heterocycles. The minimum Gasteiger partial charge on any atom is -0.305 e. The average molecular weight is 181 g/mol. The van der Waals surface area contributed by atoms with Crippen molar-refractivity contribution in [2.24, 2.45) is 0 Å². The first kappa shape index (κ1) is 10.9. The topological polar surface area (TPSA) is 57.6 Å². The minimum atomic E-state index is -3.89. The van der Waals surface area contributed by atoms with Gasteiger partial charge >= 0.3 is 0 Å². The molecule has 0 radical (unpaired) electrons. The van der Waals surface area contributed by atoms with Crippen LogP contribution in [0.3, 0.4) is 0 Å². The molecule has 0 aliphatic carbocycles. The summed E-state index contributed by atoms with van der Waals surface area (Å²) in [4.78, 5) is 1.75. The van der Waals surface area contributed by atoms with Crippen LogP contribution in [0.25, 0.3) is 0 Å². The van der Waals surface area contributed by atoms with Crippen LogP contribution >= 0.6 is 0 Å². The van der Waals surface area contributed by atoms with Gasteiger partial charge in [0, 0.05) is 6.04 Å². The molecule has 0 aliphatic rings. The molecule has 0 amide bonds. The summed E-state index contributed by atoms with van der Waals surface area (Å²) in [7, 11) is -0.348. The molecule has 4 nitrogen and oxygen atoms in total. The molecule has 0 aliphatic heterocycles. The van der Waals surface area contributed by atoms with Crippen LogP contribution < -0.4 is 0 Å². The molecule has 2 unspecified atom stereocenters. The molecule has 5 heteroatoms. The highest BCUT2D eigenvalue weighted by Crippen LogP contribution is 2.07. The van der Waals surface area contributed by atoms with E-state index in [1.807, 2.05) is 0 Å². The predicted octanol–water partition coefficient (Wildman–Crippen LogP) is 0.213. The molecule has 68 valence electrons. The summed E-state index contributed by atoms with van der Waals surface area (Å²) in [6.07, 6.45) is 0. The molecule has 0 aromatic rings. The summed E-state index contributed by atoms with van der Waals surface area (Å²) in [5.74, 6) is 0. The molecule has 0 rings (SSSR count). The van der Waals surface area contributed by atoms with Crippen LogP contribution in [0, 0.1) is 0 Å². The van der Waals surface area contributed by atoms with Crippen molar-refractivity contribution < 1.29 is 13.0 Å². The minimum absolute atomic E-state index is 0.176. The van der Waals surface area contributed by atoms with Crippen molar-refractivity contribution in [3.8, 4) is 0 Å². The number of hydrogen-bond acceptors (Lipinski definition) is 3. The van der Waals surface area contributed by atoms with Crippen LogP contribution in [0.2, 0.25) is 0 Å². The van der Waals surface area contributed by atoms with E-state index in [2.05, 4.69) is 0 Å². The van der Waals surface area contributed by atoms with Crippen molar-refractivity contribution in [2.75, 3.05) is 14.1 Å². The van der Waals surface area contributed by atoms with E-state index in [1.165, 1.54) is 6.92 Å². The standard InChI is InChI=1S/C6H15NO3S/c1-5(7(3)4)6(2)11(8,9)10/h5-6H,1-4H3,(H,8,9,10). The molecule has 11 heavy (non-hydrogen) atoms. The molecule has 2 atom stereocenters. The maximum Gasteiger partial charge on any atom is 0.269 e. The zero-order chi connectivity index (χ0) is 9.23. The van der Waals surface area contributed by atoms with Crippen molar-refractivity contribution >= 4 is 10.1 Å². The Hall–Kier alpha value is -0.130. The second kappa shape index (κ2) is 3.51. The second-order valence-corrected chi connectivity index (χ2v) is 4.70. The van der Waals surface area contributed by atoms with Gasteiger partial charge in [0.15, 0.2) is 0 Å². The van der Waals surface area contributed by atoms with Gasteiger partial charge in [-0.3, -0.25) is 4.55 Å². The normalized spacial score (nSPS) is 18.4.